The number of para-hydroxylation sites is 1. The highest BCUT2D eigenvalue weighted by Crippen LogP contribution is 2.36. The smallest absolute Gasteiger partial charge is 0.276 e. The molecule has 9 nitrogen and oxygen atoms in total. The first kappa shape index (κ1) is 17.9. The molecule has 0 spiro atoms. The van der Waals surface area contributed by atoms with Crippen molar-refractivity contribution in [1.82, 2.24) is 30.0 Å². The quantitative estimate of drug-likeness (QED) is 0.552. The van der Waals surface area contributed by atoms with Gasteiger partial charge in [0.15, 0.2) is 5.82 Å². The SMILES string of the molecule is O=C(Nc1cccc(-c2nnnn2C2CC2)c1)c1ccc(=O)n(-c2ccccc2)n1. The van der Waals surface area contributed by atoms with Gasteiger partial charge in [-0.15, -0.1) is 5.10 Å². The fraction of sp³-hybridized carbons (Fsp3) is 0.143. The van der Waals surface area contributed by atoms with E-state index in [2.05, 4.69) is 25.9 Å². The largest absolute Gasteiger partial charge is 0.321 e. The summed E-state index contributed by atoms with van der Waals surface area (Å²) < 4.78 is 3.02. The molecule has 148 valence electrons. The Morgan fingerprint density at radius 1 is 1.00 bits per heavy atom. The maximum atomic E-state index is 12.8. The zero-order valence-corrected chi connectivity index (χ0v) is 15.8. The Hall–Kier alpha value is -4.14. The lowest BCUT2D eigenvalue weighted by atomic mass is 10.2. The van der Waals surface area contributed by atoms with E-state index in [1.807, 2.05) is 28.9 Å². The summed E-state index contributed by atoms with van der Waals surface area (Å²) >= 11 is 0. The van der Waals surface area contributed by atoms with Crippen molar-refractivity contribution in [1.29, 1.82) is 0 Å². The maximum absolute atomic E-state index is 12.8. The molecule has 0 saturated heterocycles. The van der Waals surface area contributed by atoms with E-state index >= 15 is 0 Å². The van der Waals surface area contributed by atoms with Gasteiger partial charge in [-0.25, -0.2) is 4.68 Å². The van der Waals surface area contributed by atoms with E-state index in [1.54, 1.807) is 30.3 Å². The van der Waals surface area contributed by atoms with Crippen LogP contribution in [0.15, 0.2) is 71.5 Å². The average molecular weight is 399 g/mol. The summed E-state index contributed by atoms with van der Waals surface area (Å²) in [6, 6.07) is 19.4. The highest BCUT2D eigenvalue weighted by molar-refractivity contribution is 6.03. The van der Waals surface area contributed by atoms with Gasteiger partial charge in [-0.1, -0.05) is 30.3 Å². The number of rotatable bonds is 5. The predicted octanol–water partition coefficient (Wildman–Crippen LogP) is 2.47. The number of nitrogens with one attached hydrogen (secondary N) is 1. The lowest BCUT2D eigenvalue weighted by Crippen LogP contribution is -2.24. The molecule has 0 radical (unpaired) electrons. The van der Waals surface area contributed by atoms with Gasteiger partial charge in [0.25, 0.3) is 11.5 Å². The molecule has 2 heterocycles. The lowest BCUT2D eigenvalue weighted by Gasteiger charge is -2.09. The molecule has 1 aliphatic carbocycles. The van der Waals surface area contributed by atoms with Crippen LogP contribution in [0, 0.1) is 0 Å². The van der Waals surface area contributed by atoms with Crippen molar-refractivity contribution in [3.05, 3.63) is 82.8 Å². The average Bonchev–Trinajstić information content (AvgIpc) is 3.51. The number of benzene rings is 2. The van der Waals surface area contributed by atoms with E-state index in [9.17, 15) is 9.59 Å². The van der Waals surface area contributed by atoms with Gasteiger partial charge in [0.2, 0.25) is 0 Å². The minimum Gasteiger partial charge on any atom is -0.321 e. The van der Waals surface area contributed by atoms with Gasteiger partial charge in [-0.3, -0.25) is 9.59 Å². The van der Waals surface area contributed by atoms with Crippen LogP contribution in [0.5, 0.6) is 0 Å². The van der Waals surface area contributed by atoms with Crippen molar-refractivity contribution >= 4 is 11.6 Å². The Morgan fingerprint density at radius 3 is 2.63 bits per heavy atom. The molecule has 2 aromatic carbocycles. The normalized spacial score (nSPS) is 13.2. The van der Waals surface area contributed by atoms with Crippen molar-refractivity contribution in [3.8, 4) is 17.1 Å². The molecule has 0 aliphatic heterocycles. The number of aromatic nitrogens is 6. The number of hydrogen-bond acceptors (Lipinski definition) is 6. The summed E-state index contributed by atoms with van der Waals surface area (Å²) in [5.41, 5.74) is 1.80. The van der Waals surface area contributed by atoms with Crippen LogP contribution in [0.4, 0.5) is 5.69 Å². The second-order valence-electron chi connectivity index (χ2n) is 7.02. The van der Waals surface area contributed by atoms with Gasteiger partial charge in [0.1, 0.15) is 5.69 Å². The monoisotopic (exact) mass is 399 g/mol. The molecule has 5 rings (SSSR count). The van der Waals surface area contributed by atoms with Gasteiger partial charge >= 0.3 is 0 Å². The number of hydrogen-bond donors (Lipinski definition) is 1. The van der Waals surface area contributed by atoms with Crippen LogP contribution in [0.3, 0.4) is 0 Å². The van der Waals surface area contributed by atoms with Crippen molar-refractivity contribution in [2.75, 3.05) is 5.32 Å². The molecule has 1 aliphatic rings. The zero-order chi connectivity index (χ0) is 20.5. The van der Waals surface area contributed by atoms with Gasteiger partial charge in [-0.05, 0) is 53.6 Å². The molecule has 1 N–H and O–H groups in total. The third kappa shape index (κ3) is 3.48. The Labute approximate surface area is 171 Å². The van der Waals surface area contributed by atoms with Gasteiger partial charge in [0, 0.05) is 17.3 Å². The second-order valence-corrected chi connectivity index (χ2v) is 7.02. The van der Waals surface area contributed by atoms with E-state index in [4.69, 9.17) is 0 Å². The summed E-state index contributed by atoms with van der Waals surface area (Å²) in [5, 5.41) is 19.0. The molecule has 30 heavy (non-hydrogen) atoms. The molecule has 1 fully saturated rings. The molecule has 1 amide bonds. The third-order valence-electron chi connectivity index (χ3n) is 4.80. The fourth-order valence-corrected chi connectivity index (χ4v) is 3.17. The zero-order valence-electron chi connectivity index (χ0n) is 15.8. The van der Waals surface area contributed by atoms with E-state index in [1.165, 1.54) is 16.8 Å². The second kappa shape index (κ2) is 7.36. The van der Waals surface area contributed by atoms with Crippen LogP contribution in [-0.2, 0) is 0 Å². The van der Waals surface area contributed by atoms with E-state index < -0.39 is 5.91 Å². The van der Waals surface area contributed by atoms with Gasteiger partial charge < -0.3 is 5.32 Å². The first-order chi connectivity index (χ1) is 14.7. The fourth-order valence-electron chi connectivity index (χ4n) is 3.17. The molecule has 0 bridgehead atoms. The summed E-state index contributed by atoms with van der Waals surface area (Å²) in [7, 11) is 0. The Morgan fingerprint density at radius 2 is 1.83 bits per heavy atom. The Kier molecular flexibility index (Phi) is 4.40. The molecule has 0 atom stereocenters. The summed E-state index contributed by atoms with van der Waals surface area (Å²) in [4.78, 5) is 24.9. The Bertz CT molecular complexity index is 1280. The number of amides is 1. The van der Waals surface area contributed by atoms with Crippen LogP contribution >= 0.6 is 0 Å². The van der Waals surface area contributed by atoms with Crippen LogP contribution in [-0.4, -0.2) is 35.9 Å². The number of nitrogens with zero attached hydrogens (tertiary/aromatic N) is 6. The van der Waals surface area contributed by atoms with E-state index in [-0.39, 0.29) is 11.3 Å². The van der Waals surface area contributed by atoms with Gasteiger partial charge in [0.05, 0.1) is 11.7 Å². The molecular formula is C21H17N7O2. The highest BCUT2D eigenvalue weighted by Gasteiger charge is 2.28. The topological polar surface area (TPSA) is 108 Å². The molecule has 1 saturated carbocycles. The number of carbonyl (C=O) groups is 1. The first-order valence-corrected chi connectivity index (χ1v) is 9.54. The van der Waals surface area contributed by atoms with Crippen LogP contribution in [0.2, 0.25) is 0 Å². The Balaban J connectivity index is 1.41. The number of tetrazole rings is 1. The van der Waals surface area contributed by atoms with Crippen molar-refractivity contribution in [3.63, 3.8) is 0 Å². The first-order valence-electron chi connectivity index (χ1n) is 9.54. The molecule has 2 aromatic heterocycles. The maximum Gasteiger partial charge on any atom is 0.276 e. The summed E-state index contributed by atoms with van der Waals surface area (Å²) in [5.74, 6) is 0.253. The van der Waals surface area contributed by atoms with Crippen molar-refractivity contribution in [2.45, 2.75) is 18.9 Å². The minimum absolute atomic E-state index is 0.131. The van der Waals surface area contributed by atoms with E-state index in [0.29, 0.717) is 23.2 Å². The van der Waals surface area contributed by atoms with Crippen molar-refractivity contribution in [2.24, 2.45) is 0 Å². The summed E-state index contributed by atoms with van der Waals surface area (Å²) in [6.07, 6.45) is 2.13. The lowest BCUT2D eigenvalue weighted by molar-refractivity contribution is 0.102. The van der Waals surface area contributed by atoms with Crippen LogP contribution in [0.1, 0.15) is 29.4 Å². The highest BCUT2D eigenvalue weighted by atomic mass is 16.2. The van der Waals surface area contributed by atoms with Crippen molar-refractivity contribution < 1.29 is 4.79 Å². The standard InChI is InChI=1S/C21H17N7O2/c29-19-12-11-18(24-27(19)16-7-2-1-3-8-16)21(30)22-15-6-4-5-14(13-15)20-23-25-26-28(20)17-9-10-17/h1-8,11-13,17H,9-10H2,(H,22,30). The predicted molar refractivity (Wildman–Crippen MR) is 109 cm³/mol. The molecule has 0 unspecified atom stereocenters. The van der Waals surface area contributed by atoms with Crippen LogP contribution < -0.4 is 10.9 Å². The minimum atomic E-state index is -0.418. The van der Waals surface area contributed by atoms with E-state index in [0.717, 1.165) is 18.4 Å². The third-order valence-corrected chi connectivity index (χ3v) is 4.80. The molecule has 9 heteroatoms. The van der Waals surface area contributed by atoms with Crippen LogP contribution in [0.25, 0.3) is 17.1 Å². The number of anilines is 1. The van der Waals surface area contributed by atoms with Gasteiger partial charge in [-0.2, -0.15) is 9.78 Å². The summed E-state index contributed by atoms with van der Waals surface area (Å²) in [6.45, 7) is 0. The number of carbonyl (C=O) groups excluding carboxylic acids is 1. The molecule has 4 aromatic rings. The molecular weight excluding hydrogens is 382 g/mol.